The molecule has 4 aromatic heterocycles. The van der Waals surface area contributed by atoms with Gasteiger partial charge in [-0.25, -0.2) is 4.98 Å². The zero-order valence-corrected chi connectivity index (χ0v) is 27.2. The van der Waals surface area contributed by atoms with Crippen LogP contribution in [-0.4, -0.2) is 14.1 Å². The lowest BCUT2D eigenvalue weighted by Crippen LogP contribution is -2.33. The standard InChI is InChI=1S/C43H34N4O/c1-43(2,3)35-14-5-7-16-37(35)46-28-45(38-17-8-9-18-39(38)46)31-12-10-11-29(26-31)25-30-19-20-33-32-13-4-6-15-36(32)47(40(33)27-30)42-34-22-24-48-41(34)21-23-44-42/h4-24,26-27H,25H2,1-3H3. The van der Waals surface area contributed by atoms with Crippen molar-refractivity contribution in [1.29, 1.82) is 0 Å². The van der Waals surface area contributed by atoms with Crippen LogP contribution in [-0.2, 0) is 11.8 Å². The molecule has 0 saturated heterocycles. The summed E-state index contributed by atoms with van der Waals surface area (Å²) < 4.78 is 12.4. The smallest absolute Gasteiger partial charge is 0.269 e. The van der Waals surface area contributed by atoms with Gasteiger partial charge in [0, 0.05) is 17.0 Å². The minimum absolute atomic E-state index is 0.00549. The molecule has 0 amide bonds. The molecule has 5 aromatic carbocycles. The molecule has 0 bridgehead atoms. The van der Waals surface area contributed by atoms with Gasteiger partial charge >= 0.3 is 0 Å². The Morgan fingerprint density at radius 1 is 0.688 bits per heavy atom. The first-order chi connectivity index (χ1) is 23.4. The van der Waals surface area contributed by atoms with Gasteiger partial charge in [-0.2, -0.15) is 0 Å². The van der Waals surface area contributed by atoms with Crippen molar-refractivity contribution in [3.63, 3.8) is 0 Å². The molecule has 0 atom stereocenters. The van der Waals surface area contributed by atoms with Gasteiger partial charge in [-0.3, -0.25) is 13.7 Å². The summed E-state index contributed by atoms with van der Waals surface area (Å²) in [6.07, 6.45) is 8.07. The van der Waals surface area contributed by atoms with Crippen molar-refractivity contribution < 1.29 is 8.98 Å². The van der Waals surface area contributed by atoms with E-state index in [1.54, 1.807) is 6.26 Å². The first-order valence-electron chi connectivity index (χ1n) is 16.4. The number of fused-ring (bicyclic) bond motifs is 5. The van der Waals surface area contributed by atoms with Crippen molar-refractivity contribution in [2.24, 2.45) is 0 Å². The van der Waals surface area contributed by atoms with Crippen LogP contribution in [0.1, 0.15) is 37.5 Å². The Kier molecular flexibility index (Phi) is 6.37. The topological polar surface area (TPSA) is 39.8 Å². The Morgan fingerprint density at radius 2 is 1.46 bits per heavy atom. The fourth-order valence-corrected chi connectivity index (χ4v) is 7.19. The number of para-hydroxylation sites is 4. The number of nitrogens with zero attached hydrogens (tertiary/aromatic N) is 4. The number of aromatic nitrogens is 4. The molecule has 5 heteroatoms. The Bertz CT molecular complexity index is 2650. The number of hydrogen-bond acceptors (Lipinski definition) is 2. The summed E-state index contributed by atoms with van der Waals surface area (Å²) in [5.41, 5.74) is 11.3. The van der Waals surface area contributed by atoms with Gasteiger partial charge < -0.3 is 4.42 Å². The third-order valence-electron chi connectivity index (χ3n) is 9.40. The van der Waals surface area contributed by atoms with Gasteiger partial charge in [0.25, 0.3) is 6.33 Å². The Balaban J connectivity index is 1.15. The van der Waals surface area contributed by atoms with E-state index < -0.39 is 0 Å². The molecule has 0 aliphatic carbocycles. The lowest BCUT2D eigenvalue weighted by molar-refractivity contribution is -0.573. The Hall–Kier alpha value is -5.94. The highest BCUT2D eigenvalue weighted by atomic mass is 16.3. The largest absolute Gasteiger partial charge is 0.464 e. The van der Waals surface area contributed by atoms with E-state index in [2.05, 4.69) is 156 Å². The molecule has 232 valence electrons. The molecule has 0 aliphatic rings. The van der Waals surface area contributed by atoms with E-state index in [9.17, 15) is 0 Å². The van der Waals surface area contributed by atoms with Crippen LogP contribution in [0.4, 0.5) is 0 Å². The molecule has 0 radical (unpaired) electrons. The third kappa shape index (κ3) is 4.54. The van der Waals surface area contributed by atoms with Crippen LogP contribution in [0.5, 0.6) is 0 Å². The second-order valence-corrected chi connectivity index (χ2v) is 13.5. The SMILES string of the molecule is CC(C)(C)c1ccccc1-[n+]1[c-]n(-c2cccc(Cc3ccc4c5ccccc5n(-c5nccc6occc56)c4c3)c2)c2ccccc21. The van der Waals surface area contributed by atoms with Crippen LogP contribution in [0.15, 0.2) is 144 Å². The predicted octanol–water partition coefficient (Wildman–Crippen LogP) is 9.83. The van der Waals surface area contributed by atoms with E-state index in [-0.39, 0.29) is 5.41 Å². The zero-order chi connectivity index (χ0) is 32.4. The first kappa shape index (κ1) is 28.3. The maximum absolute atomic E-state index is 5.75. The molecule has 0 N–H and O–H groups in total. The highest BCUT2D eigenvalue weighted by Crippen LogP contribution is 2.35. The highest BCUT2D eigenvalue weighted by molar-refractivity contribution is 6.10. The molecule has 0 saturated carbocycles. The minimum Gasteiger partial charge on any atom is -0.464 e. The van der Waals surface area contributed by atoms with Crippen LogP contribution in [0.2, 0.25) is 0 Å². The summed E-state index contributed by atoms with van der Waals surface area (Å²) in [4.78, 5) is 4.84. The van der Waals surface area contributed by atoms with Crippen molar-refractivity contribution in [2.75, 3.05) is 0 Å². The van der Waals surface area contributed by atoms with Gasteiger partial charge in [0.15, 0.2) is 0 Å². The van der Waals surface area contributed by atoms with Crippen LogP contribution >= 0.6 is 0 Å². The van der Waals surface area contributed by atoms with Crippen LogP contribution in [0.3, 0.4) is 0 Å². The number of imidazole rings is 1. The normalized spacial score (nSPS) is 12.1. The molecule has 5 nitrogen and oxygen atoms in total. The van der Waals surface area contributed by atoms with E-state index in [0.29, 0.717) is 0 Å². The zero-order valence-electron chi connectivity index (χ0n) is 27.2. The monoisotopic (exact) mass is 622 g/mol. The van der Waals surface area contributed by atoms with Crippen molar-refractivity contribution in [3.8, 4) is 17.2 Å². The lowest BCUT2D eigenvalue weighted by atomic mass is 9.86. The number of rotatable bonds is 5. The van der Waals surface area contributed by atoms with E-state index in [4.69, 9.17) is 9.40 Å². The first-order valence-corrected chi connectivity index (χ1v) is 16.4. The number of furan rings is 1. The molecule has 9 rings (SSSR count). The van der Waals surface area contributed by atoms with Crippen molar-refractivity contribution >= 4 is 43.8 Å². The molecular formula is C43H34N4O. The number of benzene rings is 5. The molecule has 0 unspecified atom stereocenters. The summed E-state index contributed by atoms with van der Waals surface area (Å²) in [7, 11) is 0. The maximum atomic E-state index is 5.75. The van der Waals surface area contributed by atoms with Gasteiger partial charge in [-0.15, -0.1) is 0 Å². The second kappa shape index (κ2) is 10.8. The van der Waals surface area contributed by atoms with Gasteiger partial charge in [-0.05, 0) is 71.0 Å². The average Bonchev–Trinajstić information content (AvgIpc) is 3.82. The summed E-state index contributed by atoms with van der Waals surface area (Å²) in [5.74, 6) is 0.878. The van der Waals surface area contributed by atoms with E-state index in [0.717, 1.165) is 56.6 Å². The number of hydrogen-bond donors (Lipinski definition) is 0. The van der Waals surface area contributed by atoms with E-state index in [1.165, 1.54) is 27.5 Å². The van der Waals surface area contributed by atoms with E-state index in [1.807, 2.05) is 18.3 Å². The molecule has 4 heterocycles. The molecular weight excluding hydrogens is 589 g/mol. The number of pyridine rings is 1. The predicted molar refractivity (Wildman–Crippen MR) is 193 cm³/mol. The Labute approximate surface area is 278 Å². The quantitative estimate of drug-likeness (QED) is 0.142. The maximum Gasteiger partial charge on any atom is 0.269 e. The van der Waals surface area contributed by atoms with Gasteiger partial charge in [-0.1, -0.05) is 106 Å². The van der Waals surface area contributed by atoms with Gasteiger partial charge in [0.1, 0.15) is 11.4 Å². The Morgan fingerprint density at radius 3 is 2.35 bits per heavy atom. The van der Waals surface area contributed by atoms with Crippen LogP contribution in [0, 0.1) is 6.33 Å². The summed E-state index contributed by atoms with van der Waals surface area (Å²) >= 11 is 0. The third-order valence-corrected chi connectivity index (χ3v) is 9.40. The molecule has 0 spiro atoms. The molecule has 9 aromatic rings. The summed E-state index contributed by atoms with van der Waals surface area (Å²) in [6.45, 7) is 6.79. The van der Waals surface area contributed by atoms with Gasteiger partial charge in [0.2, 0.25) is 0 Å². The molecule has 48 heavy (non-hydrogen) atoms. The lowest BCUT2D eigenvalue weighted by Gasteiger charge is -2.23. The fraction of sp³-hybridized carbons (Fsp3) is 0.116. The van der Waals surface area contributed by atoms with Crippen molar-refractivity contribution in [3.05, 3.63) is 163 Å². The second-order valence-electron chi connectivity index (χ2n) is 13.5. The highest BCUT2D eigenvalue weighted by Gasteiger charge is 2.21. The van der Waals surface area contributed by atoms with Crippen LogP contribution < -0.4 is 4.57 Å². The minimum atomic E-state index is -0.00549. The van der Waals surface area contributed by atoms with Crippen molar-refractivity contribution in [2.45, 2.75) is 32.6 Å². The summed E-state index contributed by atoms with van der Waals surface area (Å²) in [5, 5.41) is 3.41. The van der Waals surface area contributed by atoms with Gasteiger partial charge in [0.05, 0.1) is 45.1 Å². The van der Waals surface area contributed by atoms with Crippen LogP contribution in [0.25, 0.3) is 61.0 Å². The molecule has 0 aliphatic heterocycles. The van der Waals surface area contributed by atoms with E-state index >= 15 is 0 Å². The average molecular weight is 623 g/mol. The molecule has 0 fully saturated rings. The fourth-order valence-electron chi connectivity index (χ4n) is 7.19. The summed E-state index contributed by atoms with van der Waals surface area (Å²) in [6, 6.07) is 45.3. The van der Waals surface area contributed by atoms with Crippen molar-refractivity contribution in [1.82, 2.24) is 14.1 Å².